The molecule has 0 amide bonds. The van der Waals surface area contributed by atoms with Crippen LogP contribution in [-0.4, -0.2) is 9.38 Å². The van der Waals surface area contributed by atoms with Crippen LogP contribution in [0.3, 0.4) is 0 Å². The molecule has 0 aliphatic carbocycles. The lowest BCUT2D eigenvalue weighted by molar-refractivity contribution is 0.472. The number of rotatable bonds is 4. The highest BCUT2D eigenvalue weighted by atomic mass is 19.1. The van der Waals surface area contributed by atoms with Crippen LogP contribution in [0, 0.1) is 24.4 Å². The Hall–Kier alpha value is -2.67. The molecular formula is C18H16F3N3O. The first-order valence-electron chi connectivity index (χ1n) is 7.72. The van der Waals surface area contributed by atoms with Crippen molar-refractivity contribution in [1.82, 2.24) is 14.7 Å². The molecule has 0 radical (unpaired) electrons. The lowest BCUT2D eigenvalue weighted by Crippen LogP contribution is -2.23. The van der Waals surface area contributed by atoms with Gasteiger partial charge in [0.2, 0.25) is 0 Å². The van der Waals surface area contributed by atoms with Crippen molar-refractivity contribution in [2.45, 2.75) is 26.4 Å². The number of fused-ring (bicyclic) bond motifs is 1. The molecule has 1 atom stereocenters. The predicted molar refractivity (Wildman–Crippen MR) is 87.8 cm³/mol. The minimum absolute atomic E-state index is 0.136. The second kappa shape index (κ2) is 6.68. The van der Waals surface area contributed by atoms with Gasteiger partial charge in [0.25, 0.3) is 5.56 Å². The maximum Gasteiger partial charge on any atom is 0.258 e. The quantitative estimate of drug-likeness (QED) is 0.788. The Morgan fingerprint density at radius 2 is 1.84 bits per heavy atom. The molecule has 0 bridgehead atoms. The summed E-state index contributed by atoms with van der Waals surface area (Å²) < 4.78 is 42.0. The molecule has 0 saturated heterocycles. The third-order valence-corrected chi connectivity index (χ3v) is 3.93. The Morgan fingerprint density at radius 3 is 2.52 bits per heavy atom. The van der Waals surface area contributed by atoms with Crippen LogP contribution < -0.4 is 10.9 Å². The average Bonchev–Trinajstić information content (AvgIpc) is 2.52. The Morgan fingerprint density at radius 1 is 1.16 bits per heavy atom. The van der Waals surface area contributed by atoms with Gasteiger partial charge in [-0.3, -0.25) is 9.20 Å². The number of nitrogens with zero attached hydrogens (tertiary/aromatic N) is 2. The van der Waals surface area contributed by atoms with E-state index in [0.717, 1.165) is 5.56 Å². The summed E-state index contributed by atoms with van der Waals surface area (Å²) in [7, 11) is 0. The average molecular weight is 347 g/mol. The van der Waals surface area contributed by atoms with Crippen LogP contribution in [0.25, 0.3) is 5.65 Å². The standard InChI is InChI=1S/C18H16F3N3O/c1-10-3-4-16-23-13(7-17(25)24(16)9-10)8-22-11(2)18-14(20)5-12(19)6-15(18)21/h3-7,9,11,22H,8H2,1-2H3/t11-/m0/s1. The molecule has 3 rings (SSSR count). The molecule has 0 aliphatic heterocycles. The van der Waals surface area contributed by atoms with Crippen molar-refractivity contribution >= 4 is 5.65 Å². The first kappa shape index (κ1) is 17.2. The van der Waals surface area contributed by atoms with Gasteiger partial charge in [0.05, 0.1) is 5.69 Å². The molecule has 1 aromatic carbocycles. The van der Waals surface area contributed by atoms with Gasteiger partial charge in [-0.25, -0.2) is 18.2 Å². The minimum atomic E-state index is -0.967. The third kappa shape index (κ3) is 3.56. The van der Waals surface area contributed by atoms with Gasteiger partial charge in [0, 0.05) is 42.5 Å². The number of aromatic nitrogens is 2. The fourth-order valence-corrected chi connectivity index (χ4v) is 2.68. The van der Waals surface area contributed by atoms with Gasteiger partial charge in [0.15, 0.2) is 0 Å². The van der Waals surface area contributed by atoms with E-state index in [2.05, 4.69) is 10.3 Å². The molecule has 2 heterocycles. The molecule has 1 N–H and O–H groups in total. The van der Waals surface area contributed by atoms with Crippen LogP contribution in [0.4, 0.5) is 13.2 Å². The highest BCUT2D eigenvalue weighted by Crippen LogP contribution is 2.22. The smallest absolute Gasteiger partial charge is 0.258 e. The zero-order valence-corrected chi connectivity index (χ0v) is 13.7. The molecule has 130 valence electrons. The van der Waals surface area contributed by atoms with Crippen LogP contribution in [0.1, 0.15) is 29.8 Å². The van der Waals surface area contributed by atoms with E-state index in [1.165, 1.54) is 10.5 Å². The fraction of sp³-hybridized carbons (Fsp3) is 0.222. The van der Waals surface area contributed by atoms with E-state index in [-0.39, 0.29) is 17.7 Å². The number of benzene rings is 1. The first-order chi connectivity index (χ1) is 11.8. The normalized spacial score (nSPS) is 12.5. The van der Waals surface area contributed by atoms with Gasteiger partial charge in [-0.2, -0.15) is 0 Å². The summed E-state index contributed by atoms with van der Waals surface area (Å²) in [4.78, 5) is 16.5. The molecular weight excluding hydrogens is 331 g/mol. The molecule has 0 aliphatic rings. The SMILES string of the molecule is Cc1ccc2nc(CN[C@@H](C)c3c(F)cc(F)cc3F)cc(=O)n2c1. The second-order valence-electron chi connectivity index (χ2n) is 5.91. The fourth-order valence-electron chi connectivity index (χ4n) is 2.68. The maximum absolute atomic E-state index is 13.8. The second-order valence-corrected chi connectivity index (χ2v) is 5.91. The van der Waals surface area contributed by atoms with Gasteiger partial charge in [0.1, 0.15) is 23.1 Å². The molecule has 0 saturated carbocycles. The highest BCUT2D eigenvalue weighted by Gasteiger charge is 2.17. The van der Waals surface area contributed by atoms with Crippen LogP contribution in [0.2, 0.25) is 0 Å². The first-order valence-corrected chi connectivity index (χ1v) is 7.72. The van der Waals surface area contributed by atoms with Crippen LogP contribution in [0.5, 0.6) is 0 Å². The molecule has 4 nitrogen and oxygen atoms in total. The number of hydrogen-bond acceptors (Lipinski definition) is 3. The summed E-state index contributed by atoms with van der Waals surface area (Å²) in [6.07, 6.45) is 1.69. The molecule has 2 aromatic heterocycles. The number of halogens is 3. The summed E-state index contributed by atoms with van der Waals surface area (Å²) in [6, 6.07) is 5.48. The van der Waals surface area contributed by atoms with Crippen molar-refractivity contribution in [3.63, 3.8) is 0 Å². The van der Waals surface area contributed by atoms with Gasteiger partial charge in [-0.05, 0) is 25.5 Å². The molecule has 0 unspecified atom stereocenters. The van der Waals surface area contributed by atoms with Crippen molar-refractivity contribution in [1.29, 1.82) is 0 Å². The van der Waals surface area contributed by atoms with Gasteiger partial charge in [-0.15, -0.1) is 0 Å². The minimum Gasteiger partial charge on any atom is -0.304 e. The molecule has 7 heteroatoms. The van der Waals surface area contributed by atoms with E-state index in [1.807, 2.05) is 13.0 Å². The summed E-state index contributed by atoms with van der Waals surface area (Å²) in [5.74, 6) is -2.88. The van der Waals surface area contributed by atoms with E-state index in [4.69, 9.17) is 0 Å². The van der Waals surface area contributed by atoms with Gasteiger partial charge in [-0.1, -0.05) is 6.07 Å². The monoisotopic (exact) mass is 347 g/mol. The summed E-state index contributed by atoms with van der Waals surface area (Å²) >= 11 is 0. The van der Waals surface area contributed by atoms with Crippen molar-refractivity contribution in [2.75, 3.05) is 0 Å². The summed E-state index contributed by atoms with van der Waals surface area (Å²) in [5, 5.41) is 2.91. The van der Waals surface area contributed by atoms with E-state index >= 15 is 0 Å². The lowest BCUT2D eigenvalue weighted by atomic mass is 10.1. The van der Waals surface area contributed by atoms with Crippen molar-refractivity contribution < 1.29 is 13.2 Å². The number of hydrogen-bond donors (Lipinski definition) is 1. The topological polar surface area (TPSA) is 46.4 Å². The van der Waals surface area contributed by atoms with E-state index in [1.54, 1.807) is 19.2 Å². The molecule has 0 fully saturated rings. The Labute approximate surface area is 142 Å². The zero-order valence-electron chi connectivity index (χ0n) is 13.7. The largest absolute Gasteiger partial charge is 0.304 e. The van der Waals surface area contributed by atoms with Gasteiger partial charge < -0.3 is 5.32 Å². The third-order valence-electron chi connectivity index (χ3n) is 3.93. The Kier molecular flexibility index (Phi) is 4.59. The highest BCUT2D eigenvalue weighted by molar-refractivity contribution is 5.40. The molecule has 25 heavy (non-hydrogen) atoms. The maximum atomic E-state index is 13.8. The van der Waals surface area contributed by atoms with Gasteiger partial charge >= 0.3 is 0 Å². The van der Waals surface area contributed by atoms with Crippen LogP contribution in [-0.2, 0) is 6.54 Å². The number of aryl methyl sites for hydroxylation is 1. The van der Waals surface area contributed by atoms with Crippen molar-refractivity contribution in [2.24, 2.45) is 0 Å². The Balaban J connectivity index is 1.83. The van der Waals surface area contributed by atoms with Crippen LogP contribution >= 0.6 is 0 Å². The number of pyridine rings is 1. The van der Waals surface area contributed by atoms with E-state index < -0.39 is 23.5 Å². The van der Waals surface area contributed by atoms with E-state index in [9.17, 15) is 18.0 Å². The Bertz CT molecular complexity index is 978. The molecule has 0 spiro atoms. The van der Waals surface area contributed by atoms with E-state index in [0.29, 0.717) is 23.5 Å². The molecule has 3 aromatic rings. The number of nitrogens with one attached hydrogen (secondary N) is 1. The van der Waals surface area contributed by atoms with Crippen LogP contribution in [0.15, 0.2) is 41.3 Å². The van der Waals surface area contributed by atoms with Crippen molar-refractivity contribution in [3.8, 4) is 0 Å². The van der Waals surface area contributed by atoms with Crippen molar-refractivity contribution in [3.05, 3.63) is 81.2 Å². The predicted octanol–water partition coefficient (Wildman–Crippen LogP) is 3.27. The summed E-state index contributed by atoms with van der Waals surface area (Å²) in [6.45, 7) is 3.56. The lowest BCUT2D eigenvalue weighted by Gasteiger charge is -2.16. The zero-order chi connectivity index (χ0) is 18.1. The summed E-state index contributed by atoms with van der Waals surface area (Å²) in [5.41, 5.74) is 1.37.